The molecule has 2 aliphatic rings. The van der Waals surface area contributed by atoms with Crippen LogP contribution < -0.4 is 4.74 Å². The Morgan fingerprint density at radius 2 is 2.00 bits per heavy atom. The summed E-state index contributed by atoms with van der Waals surface area (Å²) in [6.45, 7) is 0.494. The number of benzene rings is 1. The maximum atomic E-state index is 11.0. The van der Waals surface area contributed by atoms with Crippen LogP contribution >= 0.6 is 22.9 Å². The zero-order valence-electron chi connectivity index (χ0n) is 17.1. The molecule has 1 saturated carbocycles. The number of halogens is 1. The van der Waals surface area contributed by atoms with Crippen molar-refractivity contribution in [2.75, 3.05) is 6.61 Å². The van der Waals surface area contributed by atoms with Gasteiger partial charge in [-0.15, -0.1) is 22.9 Å². The molecule has 30 heavy (non-hydrogen) atoms. The van der Waals surface area contributed by atoms with Crippen LogP contribution in [0.2, 0.25) is 0 Å². The van der Waals surface area contributed by atoms with Gasteiger partial charge in [-0.3, -0.25) is 0 Å². The van der Waals surface area contributed by atoms with Crippen molar-refractivity contribution in [2.45, 2.75) is 62.8 Å². The molecule has 6 heteroatoms. The first kappa shape index (κ1) is 21.7. The van der Waals surface area contributed by atoms with Gasteiger partial charge in [0.05, 0.1) is 12.7 Å². The number of thiophene rings is 1. The summed E-state index contributed by atoms with van der Waals surface area (Å²) >= 11 is 7.94. The summed E-state index contributed by atoms with van der Waals surface area (Å²) in [6.07, 6.45) is 7.49. The Kier molecular flexibility index (Phi) is 7.01. The molecule has 0 amide bonds. The summed E-state index contributed by atoms with van der Waals surface area (Å²) < 4.78 is 6.25. The van der Waals surface area contributed by atoms with E-state index in [-0.39, 0.29) is 17.2 Å². The fraction of sp³-hybridized carbons (Fsp3) is 0.542. The van der Waals surface area contributed by atoms with Crippen LogP contribution in [0.4, 0.5) is 0 Å². The van der Waals surface area contributed by atoms with E-state index in [1.807, 2.05) is 6.07 Å². The van der Waals surface area contributed by atoms with E-state index < -0.39 is 12.1 Å². The van der Waals surface area contributed by atoms with Gasteiger partial charge in [0.15, 0.2) is 0 Å². The molecule has 0 bridgehead atoms. The summed E-state index contributed by atoms with van der Waals surface area (Å²) in [7, 11) is 0. The summed E-state index contributed by atoms with van der Waals surface area (Å²) in [6, 6.07) is 9.89. The first-order valence-corrected chi connectivity index (χ1v) is 12.2. The zero-order valence-corrected chi connectivity index (χ0v) is 18.6. The van der Waals surface area contributed by atoms with Gasteiger partial charge >= 0.3 is 5.97 Å². The zero-order chi connectivity index (χ0) is 21.1. The number of carbonyl (C=O) groups is 1. The van der Waals surface area contributed by atoms with E-state index in [2.05, 4.69) is 18.2 Å². The predicted octanol–water partition coefficient (Wildman–Crippen LogP) is 5.33. The minimum atomic E-state index is -0.869. The fourth-order valence-electron chi connectivity index (χ4n) is 4.97. The molecular formula is C24H29ClO4S. The van der Waals surface area contributed by atoms with E-state index in [1.165, 1.54) is 35.3 Å². The number of aliphatic hydroxyl groups is 1. The van der Waals surface area contributed by atoms with Gasteiger partial charge in [0.1, 0.15) is 10.6 Å². The van der Waals surface area contributed by atoms with Crippen LogP contribution in [-0.4, -0.2) is 34.3 Å². The highest BCUT2D eigenvalue weighted by Gasteiger charge is 2.41. The molecule has 4 rings (SSSR count). The van der Waals surface area contributed by atoms with Gasteiger partial charge in [0.25, 0.3) is 0 Å². The molecule has 1 aromatic carbocycles. The van der Waals surface area contributed by atoms with Crippen LogP contribution in [0.1, 0.15) is 57.8 Å². The van der Waals surface area contributed by atoms with Crippen molar-refractivity contribution in [3.8, 4) is 5.75 Å². The smallest absolute Gasteiger partial charge is 0.345 e. The van der Waals surface area contributed by atoms with E-state index >= 15 is 0 Å². The van der Waals surface area contributed by atoms with Gasteiger partial charge in [-0.25, -0.2) is 4.79 Å². The molecule has 4 unspecified atom stereocenters. The minimum absolute atomic E-state index is 0.0323. The van der Waals surface area contributed by atoms with Gasteiger partial charge in [-0.2, -0.15) is 0 Å². The summed E-state index contributed by atoms with van der Waals surface area (Å²) in [5.74, 6) is 0.340. The molecular weight excluding hydrogens is 420 g/mol. The van der Waals surface area contributed by atoms with Crippen LogP contribution in [0.25, 0.3) is 0 Å². The molecule has 1 aromatic heterocycles. The Hall–Kier alpha value is -1.56. The summed E-state index contributed by atoms with van der Waals surface area (Å²) in [4.78, 5) is 12.5. The number of aromatic carboxylic acids is 1. The SMILES string of the molecule is O=C(O)c1ccc(CCCC2C(Cl)CC(O)C2COc2cccc3c2CCCC3)s1. The monoisotopic (exact) mass is 448 g/mol. The van der Waals surface area contributed by atoms with Crippen LogP contribution in [0.3, 0.4) is 0 Å². The summed E-state index contributed by atoms with van der Waals surface area (Å²) in [5, 5.41) is 19.6. The van der Waals surface area contributed by atoms with Gasteiger partial charge in [-0.1, -0.05) is 12.1 Å². The number of aliphatic hydroxyl groups excluding tert-OH is 1. The maximum Gasteiger partial charge on any atom is 0.345 e. The third-order valence-electron chi connectivity index (χ3n) is 6.59. The van der Waals surface area contributed by atoms with E-state index in [0.717, 1.165) is 42.7 Å². The largest absolute Gasteiger partial charge is 0.493 e. The maximum absolute atomic E-state index is 11.0. The molecule has 2 aromatic rings. The van der Waals surface area contributed by atoms with E-state index in [9.17, 15) is 9.90 Å². The Labute approximate surface area is 186 Å². The third-order valence-corrected chi connectivity index (χ3v) is 8.23. The highest BCUT2D eigenvalue weighted by atomic mass is 35.5. The number of carboxylic acids is 1. The molecule has 0 aliphatic heterocycles. The molecule has 2 N–H and O–H groups in total. The number of ether oxygens (including phenoxy) is 1. The number of aryl methyl sites for hydroxylation is 2. The first-order valence-electron chi connectivity index (χ1n) is 10.9. The highest BCUT2D eigenvalue weighted by molar-refractivity contribution is 7.13. The van der Waals surface area contributed by atoms with E-state index in [0.29, 0.717) is 17.9 Å². The lowest BCUT2D eigenvalue weighted by Crippen LogP contribution is -2.27. The lowest BCUT2D eigenvalue weighted by atomic mass is 9.89. The quantitative estimate of drug-likeness (QED) is 0.535. The van der Waals surface area contributed by atoms with Gasteiger partial charge in [-0.05, 0) is 86.6 Å². The van der Waals surface area contributed by atoms with Gasteiger partial charge in [0.2, 0.25) is 0 Å². The van der Waals surface area contributed by atoms with Crippen molar-refractivity contribution in [1.29, 1.82) is 0 Å². The Morgan fingerprint density at radius 3 is 2.80 bits per heavy atom. The predicted molar refractivity (Wildman–Crippen MR) is 120 cm³/mol. The minimum Gasteiger partial charge on any atom is -0.493 e. The summed E-state index contributed by atoms with van der Waals surface area (Å²) in [5.41, 5.74) is 2.73. The Bertz CT molecular complexity index is 880. The van der Waals surface area contributed by atoms with Gasteiger partial charge < -0.3 is 14.9 Å². The van der Waals surface area contributed by atoms with Crippen molar-refractivity contribution in [3.63, 3.8) is 0 Å². The number of rotatable bonds is 8. The highest BCUT2D eigenvalue weighted by Crippen LogP contribution is 2.40. The van der Waals surface area contributed by atoms with Crippen molar-refractivity contribution in [2.24, 2.45) is 11.8 Å². The lowest BCUT2D eigenvalue weighted by Gasteiger charge is -2.25. The molecule has 0 spiro atoms. The number of hydrogen-bond donors (Lipinski definition) is 2. The fourth-order valence-corrected chi connectivity index (χ4v) is 6.35. The van der Waals surface area contributed by atoms with E-state index in [4.69, 9.17) is 21.4 Å². The number of alkyl halides is 1. The molecule has 1 fully saturated rings. The molecule has 1 heterocycles. The topological polar surface area (TPSA) is 66.8 Å². The normalized spacial score (nSPS) is 25.8. The molecule has 4 atom stereocenters. The van der Waals surface area contributed by atoms with Crippen molar-refractivity contribution < 1.29 is 19.7 Å². The average Bonchev–Trinajstić information content (AvgIpc) is 3.31. The van der Waals surface area contributed by atoms with Gasteiger partial charge in [0, 0.05) is 16.2 Å². The molecule has 4 nitrogen and oxygen atoms in total. The molecule has 2 aliphatic carbocycles. The molecule has 162 valence electrons. The molecule has 0 radical (unpaired) electrons. The average molecular weight is 449 g/mol. The number of hydrogen-bond acceptors (Lipinski definition) is 4. The van der Waals surface area contributed by atoms with Crippen LogP contribution in [0.5, 0.6) is 5.75 Å². The van der Waals surface area contributed by atoms with Crippen molar-refractivity contribution >= 4 is 28.9 Å². The lowest BCUT2D eigenvalue weighted by molar-refractivity contribution is 0.0701. The van der Waals surface area contributed by atoms with Crippen LogP contribution in [0, 0.1) is 11.8 Å². The van der Waals surface area contributed by atoms with Crippen LogP contribution in [-0.2, 0) is 19.3 Å². The number of fused-ring (bicyclic) bond motifs is 1. The van der Waals surface area contributed by atoms with Crippen molar-refractivity contribution in [1.82, 2.24) is 0 Å². The Balaban J connectivity index is 1.35. The second kappa shape index (κ2) is 9.71. The first-order chi connectivity index (χ1) is 14.5. The standard InChI is InChI=1S/C24H29ClO4S/c25-20-13-21(26)19(14-29-22-10-3-6-15-5-1-2-8-17(15)22)18(20)9-4-7-16-11-12-23(30-16)24(27)28/h3,6,10-12,18-21,26H,1-2,4-5,7-9,13-14H2,(H,27,28). The third kappa shape index (κ3) is 4.84. The molecule has 0 saturated heterocycles. The van der Waals surface area contributed by atoms with Crippen molar-refractivity contribution in [3.05, 3.63) is 51.2 Å². The van der Waals surface area contributed by atoms with E-state index in [1.54, 1.807) is 6.07 Å². The second-order valence-corrected chi connectivity index (χ2v) is 10.3. The number of carboxylic acid groups (broad SMARTS) is 1. The Morgan fingerprint density at radius 1 is 1.17 bits per heavy atom. The van der Waals surface area contributed by atoms with Crippen LogP contribution in [0.15, 0.2) is 30.3 Å². The second-order valence-electron chi connectivity index (χ2n) is 8.52.